The lowest BCUT2D eigenvalue weighted by Gasteiger charge is -2.18. The summed E-state index contributed by atoms with van der Waals surface area (Å²) in [5, 5.41) is 20.4. The number of carbonyl (C=O) groups excluding carboxylic acids is 1. The number of hydrogen-bond donors (Lipinski definition) is 2. The van der Waals surface area contributed by atoms with Gasteiger partial charge in [0.1, 0.15) is 0 Å². The molecule has 3 rings (SSSR count). The fourth-order valence-electron chi connectivity index (χ4n) is 3.01. The van der Waals surface area contributed by atoms with Crippen LogP contribution in [-0.2, 0) is 30.8 Å². The minimum atomic E-state index is -0.0358. The first-order chi connectivity index (χ1) is 11.7. The maximum Gasteiger partial charge on any atom is 0.220 e. The van der Waals surface area contributed by atoms with Crippen molar-refractivity contribution in [1.82, 2.24) is 20.0 Å². The van der Waals surface area contributed by atoms with Gasteiger partial charge in [0.05, 0.1) is 18.0 Å². The maximum atomic E-state index is 11.6. The molecule has 0 bridgehead atoms. The summed E-state index contributed by atoms with van der Waals surface area (Å²) in [5.41, 5.74) is 3.57. The van der Waals surface area contributed by atoms with E-state index in [1.54, 1.807) is 11.3 Å². The van der Waals surface area contributed by atoms with Gasteiger partial charge in [-0.25, -0.2) is 0 Å². The molecule has 0 aliphatic carbocycles. The molecular weight excluding hydrogens is 324 g/mol. The third-order valence-electron chi connectivity index (χ3n) is 4.17. The zero-order valence-electron chi connectivity index (χ0n) is 13.8. The first-order valence-electron chi connectivity index (χ1n) is 8.41. The van der Waals surface area contributed by atoms with Crippen molar-refractivity contribution < 1.29 is 9.90 Å². The van der Waals surface area contributed by atoms with Crippen LogP contribution in [0.2, 0.25) is 0 Å². The summed E-state index contributed by atoms with van der Waals surface area (Å²) in [5.74, 6) is -0.0358. The summed E-state index contributed by atoms with van der Waals surface area (Å²) in [6.07, 6.45) is 2.14. The molecule has 0 saturated carbocycles. The Hall–Kier alpha value is -1.70. The monoisotopic (exact) mass is 348 g/mol. The molecule has 0 aromatic carbocycles. The SMILES string of the molecule is O=C(CCc1cc2n(n1)CCCN(Cc1ccsc1)C2)NCCO. The molecule has 0 spiro atoms. The average molecular weight is 348 g/mol. The minimum absolute atomic E-state index is 0.0233. The highest BCUT2D eigenvalue weighted by Crippen LogP contribution is 2.18. The van der Waals surface area contributed by atoms with Crippen molar-refractivity contribution in [2.45, 2.75) is 38.9 Å². The Morgan fingerprint density at radius 3 is 3.12 bits per heavy atom. The van der Waals surface area contributed by atoms with E-state index < -0.39 is 0 Å². The molecule has 2 aromatic rings. The molecule has 6 nitrogen and oxygen atoms in total. The lowest BCUT2D eigenvalue weighted by atomic mass is 10.2. The number of amides is 1. The van der Waals surface area contributed by atoms with E-state index in [0.717, 1.165) is 38.3 Å². The number of fused-ring (bicyclic) bond motifs is 1. The number of aryl methyl sites for hydroxylation is 2. The highest BCUT2D eigenvalue weighted by molar-refractivity contribution is 7.07. The smallest absolute Gasteiger partial charge is 0.220 e. The van der Waals surface area contributed by atoms with Crippen molar-refractivity contribution in [2.24, 2.45) is 0 Å². The van der Waals surface area contributed by atoms with Crippen molar-refractivity contribution in [1.29, 1.82) is 0 Å². The number of nitrogens with zero attached hydrogens (tertiary/aromatic N) is 3. The normalized spacial score (nSPS) is 15.0. The van der Waals surface area contributed by atoms with Crippen LogP contribution in [0.5, 0.6) is 0 Å². The molecule has 1 aliphatic heterocycles. The summed E-state index contributed by atoms with van der Waals surface area (Å²) in [7, 11) is 0. The number of aromatic nitrogens is 2. The van der Waals surface area contributed by atoms with Gasteiger partial charge in [0.2, 0.25) is 5.91 Å². The summed E-state index contributed by atoms with van der Waals surface area (Å²) in [4.78, 5) is 14.1. The van der Waals surface area contributed by atoms with Crippen LogP contribution < -0.4 is 5.32 Å². The average Bonchev–Trinajstić information content (AvgIpc) is 3.17. The second-order valence-corrected chi connectivity index (χ2v) is 6.90. The number of aliphatic hydroxyl groups excluding tert-OH is 1. The molecule has 2 N–H and O–H groups in total. The van der Waals surface area contributed by atoms with E-state index in [-0.39, 0.29) is 12.5 Å². The Bertz CT molecular complexity index is 654. The zero-order valence-corrected chi connectivity index (χ0v) is 14.6. The summed E-state index contributed by atoms with van der Waals surface area (Å²) < 4.78 is 2.09. The number of thiophene rings is 1. The Kier molecular flexibility index (Phi) is 6.01. The van der Waals surface area contributed by atoms with Crippen LogP contribution in [-0.4, -0.2) is 45.4 Å². The molecule has 0 atom stereocenters. The second kappa shape index (κ2) is 8.41. The fraction of sp³-hybridized carbons (Fsp3) is 0.529. The fourth-order valence-corrected chi connectivity index (χ4v) is 3.67. The number of aliphatic hydroxyl groups is 1. The van der Waals surface area contributed by atoms with Gasteiger partial charge in [-0.2, -0.15) is 16.4 Å². The predicted molar refractivity (Wildman–Crippen MR) is 93.7 cm³/mol. The van der Waals surface area contributed by atoms with Gasteiger partial charge >= 0.3 is 0 Å². The summed E-state index contributed by atoms with van der Waals surface area (Å²) in [6.45, 7) is 4.19. The van der Waals surface area contributed by atoms with Crippen molar-refractivity contribution >= 4 is 17.2 Å². The Balaban J connectivity index is 1.57. The molecule has 1 aliphatic rings. The van der Waals surface area contributed by atoms with Crippen LogP contribution >= 0.6 is 11.3 Å². The largest absolute Gasteiger partial charge is 0.395 e. The van der Waals surface area contributed by atoms with Crippen molar-refractivity contribution in [3.05, 3.63) is 39.8 Å². The molecular formula is C17H24N4O2S. The lowest BCUT2D eigenvalue weighted by Crippen LogP contribution is -2.26. The summed E-state index contributed by atoms with van der Waals surface area (Å²) >= 11 is 1.74. The molecule has 0 radical (unpaired) electrons. The van der Waals surface area contributed by atoms with Crippen LogP contribution in [0, 0.1) is 0 Å². The number of nitrogens with one attached hydrogen (secondary N) is 1. The van der Waals surface area contributed by atoms with Gasteiger partial charge in [-0.15, -0.1) is 0 Å². The number of carbonyl (C=O) groups is 1. The third-order valence-corrected chi connectivity index (χ3v) is 4.90. The van der Waals surface area contributed by atoms with Crippen LogP contribution in [0.4, 0.5) is 0 Å². The van der Waals surface area contributed by atoms with Gasteiger partial charge in [-0.1, -0.05) is 0 Å². The Labute approximate surface area is 146 Å². The van der Waals surface area contributed by atoms with E-state index in [9.17, 15) is 4.79 Å². The number of rotatable bonds is 7. The predicted octanol–water partition coefficient (Wildman–Crippen LogP) is 1.39. The molecule has 0 saturated heterocycles. The second-order valence-electron chi connectivity index (χ2n) is 6.12. The van der Waals surface area contributed by atoms with Crippen molar-refractivity contribution in [3.63, 3.8) is 0 Å². The minimum Gasteiger partial charge on any atom is -0.395 e. The van der Waals surface area contributed by atoms with Gasteiger partial charge < -0.3 is 10.4 Å². The summed E-state index contributed by atoms with van der Waals surface area (Å²) in [6, 6.07) is 4.31. The third kappa shape index (κ3) is 4.66. The molecule has 3 heterocycles. The van der Waals surface area contributed by atoms with Gasteiger partial charge in [0, 0.05) is 45.6 Å². The molecule has 0 fully saturated rings. The zero-order chi connectivity index (χ0) is 16.8. The quantitative estimate of drug-likeness (QED) is 0.793. The molecule has 24 heavy (non-hydrogen) atoms. The van der Waals surface area contributed by atoms with Gasteiger partial charge in [0.25, 0.3) is 0 Å². The topological polar surface area (TPSA) is 70.4 Å². The highest BCUT2D eigenvalue weighted by atomic mass is 32.1. The van der Waals surface area contributed by atoms with E-state index in [4.69, 9.17) is 5.11 Å². The molecule has 0 unspecified atom stereocenters. The molecule has 1 amide bonds. The Morgan fingerprint density at radius 2 is 2.33 bits per heavy atom. The Morgan fingerprint density at radius 1 is 1.42 bits per heavy atom. The van der Waals surface area contributed by atoms with E-state index in [0.29, 0.717) is 19.4 Å². The first kappa shape index (κ1) is 17.1. The molecule has 2 aromatic heterocycles. The molecule has 7 heteroatoms. The van der Waals surface area contributed by atoms with Gasteiger partial charge in [-0.3, -0.25) is 14.4 Å². The van der Waals surface area contributed by atoms with Gasteiger partial charge in [-0.05, 0) is 34.9 Å². The van der Waals surface area contributed by atoms with E-state index in [2.05, 4.69) is 42.9 Å². The first-order valence-corrected chi connectivity index (χ1v) is 9.35. The van der Waals surface area contributed by atoms with Crippen LogP contribution in [0.1, 0.15) is 29.8 Å². The van der Waals surface area contributed by atoms with E-state index in [1.807, 2.05) is 0 Å². The van der Waals surface area contributed by atoms with E-state index in [1.165, 1.54) is 11.3 Å². The highest BCUT2D eigenvalue weighted by Gasteiger charge is 2.17. The van der Waals surface area contributed by atoms with Crippen LogP contribution in [0.15, 0.2) is 22.9 Å². The van der Waals surface area contributed by atoms with E-state index >= 15 is 0 Å². The van der Waals surface area contributed by atoms with Gasteiger partial charge in [0.15, 0.2) is 0 Å². The van der Waals surface area contributed by atoms with Crippen molar-refractivity contribution in [2.75, 3.05) is 19.7 Å². The standard InChI is InChI=1S/C17H24N4O2S/c22-8-5-18-17(23)3-2-15-10-16-12-20(6-1-7-21(16)19-15)11-14-4-9-24-13-14/h4,9-10,13,22H,1-3,5-8,11-12H2,(H,18,23). The lowest BCUT2D eigenvalue weighted by molar-refractivity contribution is -0.121. The van der Waals surface area contributed by atoms with Crippen LogP contribution in [0.3, 0.4) is 0 Å². The number of hydrogen-bond acceptors (Lipinski definition) is 5. The maximum absolute atomic E-state index is 11.6. The van der Waals surface area contributed by atoms with Crippen molar-refractivity contribution in [3.8, 4) is 0 Å². The van der Waals surface area contributed by atoms with Crippen LogP contribution in [0.25, 0.3) is 0 Å². The molecule has 130 valence electrons.